The molecule has 0 aliphatic carbocycles. The Morgan fingerprint density at radius 3 is 2.53 bits per heavy atom. The van der Waals surface area contributed by atoms with Gasteiger partial charge in [-0.05, 0) is 18.2 Å². The van der Waals surface area contributed by atoms with Crippen molar-refractivity contribution < 1.29 is 9.59 Å². The van der Waals surface area contributed by atoms with Gasteiger partial charge in [0.05, 0.1) is 17.3 Å². The van der Waals surface area contributed by atoms with Crippen molar-refractivity contribution in [2.24, 2.45) is 5.73 Å². The minimum atomic E-state index is -0.368. The molecule has 0 heterocycles. The molecule has 92 valence electrons. The molecule has 7 heteroatoms. The molecular weight excluding hydrogens is 265 g/mol. The van der Waals surface area contributed by atoms with Crippen LogP contribution < -0.4 is 16.4 Å². The quantitative estimate of drug-likeness (QED) is 0.727. The first-order chi connectivity index (χ1) is 8.06. The van der Waals surface area contributed by atoms with Crippen LogP contribution in [0.25, 0.3) is 0 Å². The van der Waals surface area contributed by atoms with Gasteiger partial charge in [0.2, 0.25) is 11.8 Å². The maximum absolute atomic E-state index is 11.1. The van der Waals surface area contributed by atoms with Gasteiger partial charge < -0.3 is 16.4 Å². The predicted molar refractivity (Wildman–Crippen MR) is 68.5 cm³/mol. The molecule has 0 unspecified atom stereocenters. The van der Waals surface area contributed by atoms with E-state index in [2.05, 4.69) is 10.6 Å². The molecule has 0 aromatic heterocycles. The van der Waals surface area contributed by atoms with Crippen LogP contribution in [-0.4, -0.2) is 24.2 Å². The van der Waals surface area contributed by atoms with Crippen LogP contribution in [-0.2, 0) is 9.59 Å². The van der Waals surface area contributed by atoms with E-state index in [1.165, 1.54) is 6.07 Å². The summed E-state index contributed by atoms with van der Waals surface area (Å²) in [5.41, 5.74) is 6.04. The summed E-state index contributed by atoms with van der Waals surface area (Å²) in [4.78, 5) is 22.2. The zero-order valence-corrected chi connectivity index (χ0v) is 10.3. The molecule has 0 fully saturated rings. The van der Waals surface area contributed by atoms with Crippen molar-refractivity contribution in [3.63, 3.8) is 0 Å². The minimum Gasteiger partial charge on any atom is -0.325 e. The number of nitrogens with two attached hydrogens (primary N) is 1. The normalized spacial score (nSPS) is 9.82. The van der Waals surface area contributed by atoms with Crippen LogP contribution in [0.4, 0.5) is 11.4 Å². The Labute approximate surface area is 108 Å². The van der Waals surface area contributed by atoms with Gasteiger partial charge in [0.1, 0.15) is 5.88 Å². The molecular formula is C10H11Cl2N3O2. The van der Waals surface area contributed by atoms with E-state index in [0.29, 0.717) is 16.4 Å². The maximum Gasteiger partial charge on any atom is 0.239 e. The fourth-order valence-corrected chi connectivity index (χ4v) is 1.33. The Balaban J connectivity index is 2.86. The molecule has 0 atom stereocenters. The zero-order chi connectivity index (χ0) is 12.8. The number of amides is 2. The summed E-state index contributed by atoms with van der Waals surface area (Å²) in [7, 11) is 0. The number of hydrogen-bond donors (Lipinski definition) is 3. The molecule has 1 aromatic carbocycles. The van der Waals surface area contributed by atoms with Gasteiger partial charge in [0, 0.05) is 5.69 Å². The minimum absolute atomic E-state index is 0.144. The Bertz CT molecular complexity index is 438. The third-order valence-corrected chi connectivity index (χ3v) is 2.40. The molecule has 4 N–H and O–H groups in total. The van der Waals surface area contributed by atoms with Gasteiger partial charge >= 0.3 is 0 Å². The molecule has 0 aliphatic rings. The van der Waals surface area contributed by atoms with Gasteiger partial charge in [0.15, 0.2) is 0 Å². The van der Waals surface area contributed by atoms with Crippen molar-refractivity contribution in [1.29, 1.82) is 0 Å². The summed E-state index contributed by atoms with van der Waals surface area (Å²) in [6, 6.07) is 4.68. The highest BCUT2D eigenvalue weighted by Crippen LogP contribution is 2.25. The van der Waals surface area contributed by atoms with Crippen molar-refractivity contribution in [3.8, 4) is 0 Å². The maximum atomic E-state index is 11.1. The van der Waals surface area contributed by atoms with Crippen LogP contribution in [0.5, 0.6) is 0 Å². The topological polar surface area (TPSA) is 84.2 Å². The second-order valence-electron chi connectivity index (χ2n) is 3.13. The van der Waals surface area contributed by atoms with Crippen LogP contribution in [0.1, 0.15) is 0 Å². The summed E-state index contributed by atoms with van der Waals surface area (Å²) in [5, 5.41) is 5.41. The average Bonchev–Trinajstić information content (AvgIpc) is 2.33. The van der Waals surface area contributed by atoms with E-state index >= 15 is 0 Å². The number of benzene rings is 1. The number of carbonyl (C=O) groups excluding carboxylic acids is 2. The van der Waals surface area contributed by atoms with E-state index in [4.69, 9.17) is 28.9 Å². The molecule has 0 aliphatic heterocycles. The average molecular weight is 276 g/mol. The second kappa shape index (κ2) is 6.44. The summed E-state index contributed by atoms with van der Waals surface area (Å²) in [6.07, 6.45) is 0. The van der Waals surface area contributed by atoms with Gasteiger partial charge in [0.25, 0.3) is 0 Å². The van der Waals surface area contributed by atoms with E-state index in [-0.39, 0.29) is 24.2 Å². The van der Waals surface area contributed by atoms with Crippen LogP contribution in [0.2, 0.25) is 5.02 Å². The molecule has 0 radical (unpaired) electrons. The zero-order valence-electron chi connectivity index (χ0n) is 8.80. The van der Waals surface area contributed by atoms with Crippen molar-refractivity contribution in [3.05, 3.63) is 23.2 Å². The molecule has 0 spiro atoms. The van der Waals surface area contributed by atoms with Crippen LogP contribution in [0.15, 0.2) is 18.2 Å². The van der Waals surface area contributed by atoms with Gasteiger partial charge in [-0.3, -0.25) is 9.59 Å². The fourth-order valence-electron chi connectivity index (χ4n) is 1.09. The number of rotatable bonds is 4. The highest BCUT2D eigenvalue weighted by Gasteiger charge is 2.07. The number of nitrogens with one attached hydrogen (secondary N) is 2. The Morgan fingerprint density at radius 2 is 1.94 bits per heavy atom. The monoisotopic (exact) mass is 275 g/mol. The first-order valence-electron chi connectivity index (χ1n) is 4.72. The molecule has 1 aromatic rings. The van der Waals surface area contributed by atoms with Gasteiger partial charge in [-0.2, -0.15) is 0 Å². The van der Waals surface area contributed by atoms with E-state index in [1.54, 1.807) is 12.1 Å². The third kappa shape index (κ3) is 4.22. The molecule has 5 nitrogen and oxygen atoms in total. The van der Waals surface area contributed by atoms with E-state index in [9.17, 15) is 9.59 Å². The van der Waals surface area contributed by atoms with Crippen LogP contribution in [0, 0.1) is 0 Å². The smallest absolute Gasteiger partial charge is 0.239 e. The number of halogens is 2. The summed E-state index contributed by atoms with van der Waals surface area (Å²) in [5.74, 6) is -0.856. The standard InChI is InChI=1S/C10H11Cl2N3O2/c11-4-9(16)14-6-1-2-7(12)8(3-6)15-10(17)5-13/h1-3H,4-5,13H2,(H,14,16)(H,15,17). The molecule has 17 heavy (non-hydrogen) atoms. The summed E-state index contributed by atoms with van der Waals surface area (Å²) >= 11 is 11.2. The van der Waals surface area contributed by atoms with Crippen molar-refractivity contribution in [1.82, 2.24) is 0 Å². The Kier molecular flexibility index (Phi) is 5.21. The number of anilines is 2. The highest BCUT2D eigenvalue weighted by molar-refractivity contribution is 6.34. The summed E-state index contributed by atoms with van der Waals surface area (Å²) < 4.78 is 0. The van der Waals surface area contributed by atoms with Crippen LogP contribution in [0.3, 0.4) is 0 Å². The van der Waals surface area contributed by atoms with Crippen molar-refractivity contribution >= 4 is 46.4 Å². The van der Waals surface area contributed by atoms with Gasteiger partial charge in [-0.25, -0.2) is 0 Å². The lowest BCUT2D eigenvalue weighted by Crippen LogP contribution is -2.22. The van der Waals surface area contributed by atoms with E-state index < -0.39 is 0 Å². The van der Waals surface area contributed by atoms with Crippen LogP contribution >= 0.6 is 23.2 Å². The largest absolute Gasteiger partial charge is 0.325 e. The molecule has 0 saturated heterocycles. The van der Waals surface area contributed by atoms with Gasteiger partial charge in [-0.1, -0.05) is 11.6 Å². The number of hydrogen-bond acceptors (Lipinski definition) is 3. The number of carbonyl (C=O) groups is 2. The highest BCUT2D eigenvalue weighted by atomic mass is 35.5. The lowest BCUT2D eigenvalue weighted by Gasteiger charge is -2.09. The second-order valence-corrected chi connectivity index (χ2v) is 3.80. The van der Waals surface area contributed by atoms with Crippen molar-refractivity contribution in [2.75, 3.05) is 23.1 Å². The summed E-state index contributed by atoms with van der Waals surface area (Å²) in [6.45, 7) is -0.144. The first-order valence-corrected chi connectivity index (χ1v) is 5.63. The van der Waals surface area contributed by atoms with E-state index in [1.807, 2.05) is 0 Å². The SMILES string of the molecule is NCC(=O)Nc1cc(NC(=O)CCl)ccc1Cl. The predicted octanol–water partition coefficient (Wildman–Crippen LogP) is 1.41. The number of alkyl halides is 1. The lowest BCUT2D eigenvalue weighted by molar-refractivity contribution is -0.115. The molecule has 1 rings (SSSR count). The van der Waals surface area contributed by atoms with Crippen molar-refractivity contribution in [2.45, 2.75) is 0 Å². The molecule has 2 amide bonds. The first kappa shape index (κ1) is 13.8. The molecule has 0 bridgehead atoms. The van der Waals surface area contributed by atoms with Gasteiger partial charge in [-0.15, -0.1) is 11.6 Å². The Hall–Kier alpha value is -1.30. The fraction of sp³-hybridized carbons (Fsp3) is 0.200. The Morgan fingerprint density at radius 1 is 1.24 bits per heavy atom. The molecule has 0 saturated carbocycles. The third-order valence-electron chi connectivity index (χ3n) is 1.83. The van der Waals surface area contributed by atoms with E-state index in [0.717, 1.165) is 0 Å². The lowest BCUT2D eigenvalue weighted by atomic mass is 10.2.